The molecule has 3 rings (SSSR count). The van der Waals surface area contributed by atoms with E-state index in [1.807, 2.05) is 12.1 Å². The smallest absolute Gasteiger partial charge is 0.335 e. The highest BCUT2D eigenvalue weighted by Crippen LogP contribution is 2.46. The molecule has 4 nitrogen and oxygen atoms in total. The van der Waals surface area contributed by atoms with E-state index < -0.39 is 11.8 Å². The molecule has 0 bridgehead atoms. The van der Waals surface area contributed by atoms with Crippen LogP contribution in [-0.2, 0) is 9.47 Å². The largest absolute Gasteiger partial charge is 0.478 e. The minimum absolute atomic E-state index is 0.218. The van der Waals surface area contributed by atoms with E-state index in [-0.39, 0.29) is 5.92 Å². The second kappa shape index (κ2) is 4.37. The summed E-state index contributed by atoms with van der Waals surface area (Å²) in [5.41, 5.74) is 1.30. The first-order valence-corrected chi connectivity index (χ1v) is 6.30. The molecule has 4 heteroatoms. The van der Waals surface area contributed by atoms with Crippen LogP contribution < -0.4 is 0 Å². The minimum Gasteiger partial charge on any atom is -0.478 e. The number of aromatic carboxylic acids is 1. The molecule has 2 fully saturated rings. The van der Waals surface area contributed by atoms with Gasteiger partial charge in [-0.15, -0.1) is 0 Å². The summed E-state index contributed by atoms with van der Waals surface area (Å²) in [6, 6.07) is 7.23. The predicted molar refractivity (Wildman–Crippen MR) is 64.6 cm³/mol. The molecule has 0 amide bonds. The van der Waals surface area contributed by atoms with Crippen molar-refractivity contribution >= 4 is 5.97 Å². The average molecular weight is 248 g/mol. The van der Waals surface area contributed by atoms with Crippen LogP contribution in [0.3, 0.4) is 0 Å². The Labute approximate surface area is 106 Å². The van der Waals surface area contributed by atoms with Gasteiger partial charge >= 0.3 is 5.97 Å². The van der Waals surface area contributed by atoms with Crippen molar-refractivity contribution in [2.45, 2.75) is 31.0 Å². The number of carboxylic acid groups (broad SMARTS) is 1. The van der Waals surface area contributed by atoms with Crippen LogP contribution in [-0.4, -0.2) is 30.1 Å². The van der Waals surface area contributed by atoms with Gasteiger partial charge in [-0.2, -0.15) is 0 Å². The van der Waals surface area contributed by atoms with Gasteiger partial charge in [0.05, 0.1) is 18.8 Å². The summed E-state index contributed by atoms with van der Waals surface area (Å²) in [4.78, 5) is 11.2. The summed E-state index contributed by atoms with van der Waals surface area (Å²) < 4.78 is 11.4. The highest BCUT2D eigenvalue weighted by atomic mass is 16.7. The highest BCUT2D eigenvalue weighted by molar-refractivity contribution is 5.89. The lowest BCUT2D eigenvalue weighted by Crippen LogP contribution is -2.25. The van der Waals surface area contributed by atoms with Crippen LogP contribution in [0.15, 0.2) is 24.3 Å². The van der Waals surface area contributed by atoms with E-state index in [9.17, 15) is 9.90 Å². The Hall–Kier alpha value is -1.39. The Balaban J connectivity index is 1.86. The Morgan fingerprint density at radius 3 is 2.72 bits per heavy atom. The zero-order valence-corrected chi connectivity index (χ0v) is 10.1. The van der Waals surface area contributed by atoms with E-state index in [1.165, 1.54) is 0 Å². The van der Waals surface area contributed by atoms with Gasteiger partial charge < -0.3 is 14.6 Å². The topological polar surface area (TPSA) is 55.8 Å². The third kappa shape index (κ3) is 1.91. The summed E-state index contributed by atoms with van der Waals surface area (Å²) in [5, 5.41) is 9.22. The lowest BCUT2D eigenvalue weighted by atomic mass is 9.92. The number of carboxylic acids is 1. The van der Waals surface area contributed by atoms with E-state index in [0.29, 0.717) is 18.8 Å². The molecule has 1 aromatic rings. The van der Waals surface area contributed by atoms with Crippen molar-refractivity contribution in [2.24, 2.45) is 0 Å². The molecule has 1 saturated carbocycles. The van der Waals surface area contributed by atoms with Crippen molar-refractivity contribution in [1.29, 1.82) is 0 Å². The monoisotopic (exact) mass is 248 g/mol. The maximum Gasteiger partial charge on any atom is 0.335 e. The fourth-order valence-corrected chi connectivity index (χ4v) is 3.05. The van der Waals surface area contributed by atoms with E-state index in [1.54, 1.807) is 12.1 Å². The molecule has 1 atom stereocenters. The van der Waals surface area contributed by atoms with E-state index >= 15 is 0 Å². The zero-order chi connectivity index (χ0) is 12.6. The van der Waals surface area contributed by atoms with Gasteiger partial charge in [0, 0.05) is 12.8 Å². The van der Waals surface area contributed by atoms with Gasteiger partial charge in [-0.3, -0.25) is 0 Å². The normalized spacial score (nSPS) is 25.7. The second-order valence-electron chi connectivity index (χ2n) is 4.94. The molecule has 18 heavy (non-hydrogen) atoms. The number of rotatable bonds is 2. The lowest BCUT2D eigenvalue weighted by molar-refractivity contribution is -0.151. The fraction of sp³-hybridized carbons (Fsp3) is 0.500. The van der Waals surface area contributed by atoms with Gasteiger partial charge in [-0.1, -0.05) is 18.2 Å². The lowest BCUT2D eigenvalue weighted by Gasteiger charge is -2.22. The van der Waals surface area contributed by atoms with Gasteiger partial charge in [0.2, 0.25) is 0 Å². The van der Waals surface area contributed by atoms with Crippen LogP contribution in [0.5, 0.6) is 0 Å². The second-order valence-corrected chi connectivity index (χ2v) is 4.94. The molecule has 0 aromatic heterocycles. The third-order valence-electron chi connectivity index (χ3n) is 3.88. The molecular weight excluding hydrogens is 232 g/mol. The Kier molecular flexibility index (Phi) is 2.84. The Morgan fingerprint density at radius 2 is 2.00 bits per heavy atom. The van der Waals surface area contributed by atoms with E-state index in [2.05, 4.69) is 0 Å². The first-order chi connectivity index (χ1) is 8.70. The molecule has 1 spiro atoms. The minimum atomic E-state index is -0.861. The van der Waals surface area contributed by atoms with Gasteiger partial charge in [-0.05, 0) is 24.0 Å². The number of carbonyl (C=O) groups is 1. The van der Waals surface area contributed by atoms with Crippen LogP contribution in [0.4, 0.5) is 0 Å². The molecular formula is C14H16O4. The highest BCUT2D eigenvalue weighted by Gasteiger charge is 2.45. The Morgan fingerprint density at radius 1 is 1.28 bits per heavy atom. The number of hydrogen-bond donors (Lipinski definition) is 1. The first-order valence-electron chi connectivity index (χ1n) is 6.30. The molecule has 1 saturated heterocycles. The molecule has 1 aromatic carbocycles. The summed E-state index contributed by atoms with van der Waals surface area (Å²) in [7, 11) is 0. The van der Waals surface area contributed by atoms with Crippen molar-refractivity contribution in [3.63, 3.8) is 0 Å². The van der Waals surface area contributed by atoms with Crippen molar-refractivity contribution in [1.82, 2.24) is 0 Å². The fourth-order valence-electron chi connectivity index (χ4n) is 3.05. The maximum atomic E-state index is 11.2. The number of ether oxygens (including phenoxy) is 2. The first kappa shape index (κ1) is 11.7. The van der Waals surface area contributed by atoms with Gasteiger partial charge in [0.25, 0.3) is 0 Å². The summed E-state index contributed by atoms with van der Waals surface area (Å²) in [6.45, 7) is 1.29. The van der Waals surface area contributed by atoms with E-state index in [4.69, 9.17) is 9.47 Å². The van der Waals surface area contributed by atoms with E-state index in [0.717, 1.165) is 24.8 Å². The summed E-state index contributed by atoms with van der Waals surface area (Å²) in [6.07, 6.45) is 2.53. The summed E-state index contributed by atoms with van der Waals surface area (Å²) in [5.74, 6) is -1.09. The van der Waals surface area contributed by atoms with Crippen LogP contribution >= 0.6 is 0 Å². The maximum absolute atomic E-state index is 11.2. The zero-order valence-electron chi connectivity index (χ0n) is 10.1. The standard InChI is InChI=1S/C14H16O4/c15-13(16)12-4-2-1-3-11(12)10-5-6-14(9-10)17-7-8-18-14/h1-4,10H,5-9H2,(H,15,16). The predicted octanol–water partition coefficient (Wildman–Crippen LogP) is 2.40. The van der Waals surface area contributed by atoms with Crippen LogP contribution in [0.2, 0.25) is 0 Å². The molecule has 1 aliphatic heterocycles. The third-order valence-corrected chi connectivity index (χ3v) is 3.88. The van der Waals surface area contributed by atoms with Crippen LogP contribution in [0.1, 0.15) is 41.1 Å². The summed E-state index contributed by atoms with van der Waals surface area (Å²) >= 11 is 0. The van der Waals surface area contributed by atoms with Gasteiger partial charge in [0.15, 0.2) is 5.79 Å². The number of benzene rings is 1. The Bertz CT molecular complexity index is 463. The average Bonchev–Trinajstić information content (AvgIpc) is 3.00. The quantitative estimate of drug-likeness (QED) is 0.873. The molecule has 96 valence electrons. The molecule has 1 heterocycles. The van der Waals surface area contributed by atoms with Crippen molar-refractivity contribution < 1.29 is 19.4 Å². The number of hydrogen-bond acceptors (Lipinski definition) is 3. The molecule has 1 N–H and O–H groups in total. The van der Waals surface area contributed by atoms with Gasteiger partial charge in [-0.25, -0.2) is 4.79 Å². The molecule has 2 aliphatic rings. The van der Waals surface area contributed by atoms with Crippen molar-refractivity contribution in [2.75, 3.05) is 13.2 Å². The SMILES string of the molecule is O=C(O)c1ccccc1C1CCC2(C1)OCCO2. The van der Waals surface area contributed by atoms with Crippen LogP contribution in [0, 0.1) is 0 Å². The molecule has 1 unspecified atom stereocenters. The van der Waals surface area contributed by atoms with Crippen molar-refractivity contribution in [3.05, 3.63) is 35.4 Å². The van der Waals surface area contributed by atoms with Crippen LogP contribution in [0.25, 0.3) is 0 Å². The van der Waals surface area contributed by atoms with Crippen molar-refractivity contribution in [3.8, 4) is 0 Å². The molecule has 0 radical (unpaired) electrons. The molecule has 1 aliphatic carbocycles. The van der Waals surface area contributed by atoms with Gasteiger partial charge in [0.1, 0.15) is 0 Å².